The van der Waals surface area contributed by atoms with Gasteiger partial charge in [0.15, 0.2) is 11.5 Å². The Balaban J connectivity index is 3.16. The van der Waals surface area contributed by atoms with Crippen LogP contribution >= 0.6 is 0 Å². The Morgan fingerprint density at radius 3 is 1.82 bits per heavy atom. The summed E-state index contributed by atoms with van der Waals surface area (Å²) in [7, 11) is 5.64. The Morgan fingerprint density at radius 2 is 1.45 bits per heavy atom. The predicted molar refractivity (Wildman–Crippen MR) is 79.7 cm³/mol. The third kappa shape index (κ3) is 3.60. The molecule has 0 bridgehead atoms. The molecule has 0 aliphatic heterocycles. The molecule has 1 N–H and O–H groups in total. The summed E-state index contributed by atoms with van der Waals surface area (Å²) in [5, 5.41) is 2.60. The van der Waals surface area contributed by atoms with E-state index in [-0.39, 0.29) is 5.56 Å². The van der Waals surface area contributed by atoms with Crippen LogP contribution < -0.4 is 19.5 Å². The summed E-state index contributed by atoms with van der Waals surface area (Å²) in [6, 6.07) is 3.01. The zero-order valence-electron chi connectivity index (χ0n) is 13.6. The fourth-order valence-corrected chi connectivity index (χ4v) is 1.87. The molecule has 0 unspecified atom stereocenters. The molecule has 0 saturated carbocycles. The van der Waals surface area contributed by atoms with E-state index in [1.165, 1.54) is 40.6 Å². The maximum atomic E-state index is 12.3. The minimum absolute atomic E-state index is 0.270. The zero-order chi connectivity index (χ0) is 16.9. The summed E-state index contributed by atoms with van der Waals surface area (Å²) in [4.78, 5) is 24.0. The van der Waals surface area contributed by atoms with Gasteiger partial charge in [0, 0.05) is 5.56 Å². The lowest BCUT2D eigenvalue weighted by Crippen LogP contribution is -2.50. The SMILES string of the molecule is COC(=O)C(C)(C)NC(=O)c1cc(OC)c(OC)c(OC)c1. The molecule has 0 aliphatic rings. The highest BCUT2D eigenvalue weighted by Gasteiger charge is 2.31. The quantitative estimate of drug-likeness (QED) is 0.800. The van der Waals surface area contributed by atoms with E-state index in [0.29, 0.717) is 17.2 Å². The number of carbonyl (C=O) groups is 2. The second kappa shape index (κ2) is 7.02. The Labute approximate surface area is 129 Å². The lowest BCUT2D eigenvalue weighted by atomic mass is 10.0. The molecule has 1 rings (SSSR count). The molecule has 0 atom stereocenters. The number of rotatable bonds is 6. The molecule has 0 aliphatic carbocycles. The monoisotopic (exact) mass is 311 g/mol. The van der Waals surface area contributed by atoms with Gasteiger partial charge in [0.1, 0.15) is 5.54 Å². The number of methoxy groups -OCH3 is 4. The molecule has 1 aromatic carbocycles. The summed E-state index contributed by atoms with van der Waals surface area (Å²) >= 11 is 0. The van der Waals surface area contributed by atoms with E-state index in [1.807, 2.05) is 0 Å². The Hall–Kier alpha value is -2.44. The molecule has 1 aromatic rings. The van der Waals surface area contributed by atoms with E-state index in [4.69, 9.17) is 14.2 Å². The van der Waals surface area contributed by atoms with Crippen molar-refractivity contribution in [3.8, 4) is 17.2 Å². The van der Waals surface area contributed by atoms with Gasteiger partial charge >= 0.3 is 5.97 Å². The molecular formula is C15H21NO6. The second-order valence-corrected chi connectivity index (χ2v) is 4.98. The highest BCUT2D eigenvalue weighted by atomic mass is 16.5. The molecule has 122 valence electrons. The van der Waals surface area contributed by atoms with Crippen LogP contribution in [0.3, 0.4) is 0 Å². The molecule has 7 nitrogen and oxygen atoms in total. The first kappa shape index (κ1) is 17.6. The Morgan fingerprint density at radius 1 is 0.955 bits per heavy atom. The van der Waals surface area contributed by atoms with E-state index < -0.39 is 17.4 Å². The third-order valence-corrected chi connectivity index (χ3v) is 3.05. The Kier molecular flexibility index (Phi) is 5.62. The maximum Gasteiger partial charge on any atom is 0.330 e. The van der Waals surface area contributed by atoms with Crippen molar-refractivity contribution in [1.82, 2.24) is 5.32 Å². The highest BCUT2D eigenvalue weighted by molar-refractivity contribution is 5.98. The smallest absolute Gasteiger partial charge is 0.330 e. The van der Waals surface area contributed by atoms with Gasteiger partial charge in [0.25, 0.3) is 5.91 Å². The van der Waals surface area contributed by atoms with Crippen molar-refractivity contribution in [2.45, 2.75) is 19.4 Å². The standard InChI is InChI=1S/C15H21NO6/c1-15(2,14(18)22-6)16-13(17)9-7-10(19-3)12(21-5)11(8-9)20-4/h7-8H,1-6H3,(H,16,17). The van der Waals surface area contributed by atoms with Gasteiger partial charge in [-0.3, -0.25) is 4.79 Å². The van der Waals surface area contributed by atoms with E-state index in [9.17, 15) is 9.59 Å². The molecule has 7 heteroatoms. The van der Waals surface area contributed by atoms with Crippen LogP contribution in [0.25, 0.3) is 0 Å². The van der Waals surface area contributed by atoms with Crippen LogP contribution in [-0.2, 0) is 9.53 Å². The Bertz CT molecular complexity index is 542. The summed E-state index contributed by atoms with van der Waals surface area (Å²) in [6.45, 7) is 3.10. The molecule has 0 heterocycles. The number of nitrogens with one attached hydrogen (secondary N) is 1. The lowest BCUT2D eigenvalue weighted by Gasteiger charge is -2.23. The van der Waals surface area contributed by atoms with Crippen LogP contribution in [0.4, 0.5) is 0 Å². The molecule has 0 fully saturated rings. The van der Waals surface area contributed by atoms with E-state index >= 15 is 0 Å². The average Bonchev–Trinajstić information content (AvgIpc) is 2.51. The van der Waals surface area contributed by atoms with Gasteiger partial charge in [-0.2, -0.15) is 0 Å². The zero-order valence-corrected chi connectivity index (χ0v) is 13.6. The third-order valence-electron chi connectivity index (χ3n) is 3.05. The van der Waals surface area contributed by atoms with Gasteiger partial charge in [-0.25, -0.2) is 4.79 Å². The van der Waals surface area contributed by atoms with Gasteiger partial charge in [0.05, 0.1) is 28.4 Å². The summed E-state index contributed by atoms with van der Waals surface area (Å²) < 4.78 is 20.2. The van der Waals surface area contributed by atoms with Crippen LogP contribution in [0.15, 0.2) is 12.1 Å². The van der Waals surface area contributed by atoms with Crippen molar-refractivity contribution in [1.29, 1.82) is 0 Å². The molecule has 1 amide bonds. The summed E-state index contributed by atoms with van der Waals surface area (Å²) in [5.41, 5.74) is -0.891. The lowest BCUT2D eigenvalue weighted by molar-refractivity contribution is -0.146. The summed E-state index contributed by atoms with van der Waals surface area (Å²) in [6.07, 6.45) is 0. The minimum Gasteiger partial charge on any atom is -0.493 e. The second-order valence-electron chi connectivity index (χ2n) is 4.98. The van der Waals surface area contributed by atoms with Crippen LogP contribution in [0.5, 0.6) is 17.2 Å². The van der Waals surface area contributed by atoms with Crippen molar-refractivity contribution in [2.24, 2.45) is 0 Å². The number of esters is 1. The largest absolute Gasteiger partial charge is 0.493 e. The van der Waals surface area contributed by atoms with Crippen molar-refractivity contribution in [3.05, 3.63) is 17.7 Å². The molecule has 0 spiro atoms. The first-order chi connectivity index (χ1) is 10.3. The molecule has 22 heavy (non-hydrogen) atoms. The average molecular weight is 311 g/mol. The van der Waals surface area contributed by atoms with Crippen LogP contribution in [-0.4, -0.2) is 45.9 Å². The maximum absolute atomic E-state index is 12.3. The van der Waals surface area contributed by atoms with E-state index in [2.05, 4.69) is 10.1 Å². The normalized spacial score (nSPS) is 10.6. The van der Waals surface area contributed by atoms with Crippen LogP contribution in [0.2, 0.25) is 0 Å². The van der Waals surface area contributed by atoms with Crippen molar-refractivity contribution in [3.63, 3.8) is 0 Å². The fraction of sp³-hybridized carbons (Fsp3) is 0.467. The van der Waals surface area contributed by atoms with Gasteiger partial charge < -0.3 is 24.3 Å². The van der Waals surface area contributed by atoms with Crippen LogP contribution in [0, 0.1) is 0 Å². The number of amides is 1. The fourth-order valence-electron chi connectivity index (χ4n) is 1.87. The molecular weight excluding hydrogens is 290 g/mol. The van der Waals surface area contributed by atoms with Crippen molar-refractivity contribution in [2.75, 3.05) is 28.4 Å². The van der Waals surface area contributed by atoms with Crippen molar-refractivity contribution < 1.29 is 28.5 Å². The number of hydrogen-bond acceptors (Lipinski definition) is 6. The van der Waals surface area contributed by atoms with E-state index in [0.717, 1.165) is 0 Å². The first-order valence-electron chi connectivity index (χ1n) is 6.51. The molecule has 0 aromatic heterocycles. The van der Waals surface area contributed by atoms with E-state index in [1.54, 1.807) is 13.8 Å². The van der Waals surface area contributed by atoms with Crippen molar-refractivity contribution >= 4 is 11.9 Å². The number of hydrogen-bond donors (Lipinski definition) is 1. The number of benzene rings is 1. The first-order valence-corrected chi connectivity index (χ1v) is 6.51. The summed E-state index contributed by atoms with van der Waals surface area (Å²) in [5.74, 6) is 0.0717. The van der Waals surface area contributed by atoms with Gasteiger partial charge in [-0.15, -0.1) is 0 Å². The van der Waals surface area contributed by atoms with Crippen LogP contribution in [0.1, 0.15) is 24.2 Å². The van der Waals surface area contributed by atoms with Gasteiger partial charge in [-0.1, -0.05) is 0 Å². The number of carbonyl (C=O) groups excluding carboxylic acids is 2. The predicted octanol–water partition coefficient (Wildman–Crippen LogP) is 1.39. The molecule has 0 saturated heterocycles. The van der Waals surface area contributed by atoms with Gasteiger partial charge in [0.2, 0.25) is 5.75 Å². The minimum atomic E-state index is -1.16. The topological polar surface area (TPSA) is 83.1 Å². The number of ether oxygens (including phenoxy) is 4. The van der Waals surface area contributed by atoms with Gasteiger partial charge in [-0.05, 0) is 26.0 Å². The highest BCUT2D eigenvalue weighted by Crippen LogP contribution is 2.38. The molecule has 0 radical (unpaired) electrons.